The number of hydrogen-bond acceptors (Lipinski definition) is 5. The third-order valence-electron chi connectivity index (χ3n) is 5.01. The Bertz CT molecular complexity index is 821. The van der Waals surface area contributed by atoms with E-state index < -0.39 is 11.9 Å². The van der Waals surface area contributed by atoms with Crippen LogP contribution in [-0.4, -0.2) is 48.7 Å². The molecule has 7 heteroatoms. The molecule has 1 aliphatic rings. The summed E-state index contributed by atoms with van der Waals surface area (Å²) < 4.78 is 10.2. The van der Waals surface area contributed by atoms with Crippen molar-refractivity contribution in [1.29, 1.82) is 0 Å². The molecule has 0 radical (unpaired) electrons. The maximum Gasteiger partial charge on any atom is 0.287 e. The summed E-state index contributed by atoms with van der Waals surface area (Å²) in [5.74, 6) is 0.288. The number of nitrogens with zero attached hydrogens (tertiary/aromatic N) is 1. The van der Waals surface area contributed by atoms with Gasteiger partial charge in [0, 0.05) is 24.6 Å². The third kappa shape index (κ3) is 4.42. The molecule has 1 aromatic carbocycles. The average molecular weight is 384 g/mol. The minimum Gasteiger partial charge on any atom is -0.497 e. The maximum atomic E-state index is 12.7. The quantitative estimate of drug-likeness (QED) is 0.773. The molecule has 2 aromatic rings. The molecule has 1 fully saturated rings. The fourth-order valence-electron chi connectivity index (χ4n) is 3.36. The zero-order valence-electron chi connectivity index (χ0n) is 16.0. The number of methoxy groups -OCH3 is 1. The van der Waals surface area contributed by atoms with Gasteiger partial charge in [-0.15, -0.1) is 0 Å². The lowest BCUT2D eigenvalue weighted by atomic mass is 9.88. The maximum absolute atomic E-state index is 12.7. The van der Waals surface area contributed by atoms with Gasteiger partial charge in [0.15, 0.2) is 11.5 Å². The van der Waals surface area contributed by atoms with E-state index in [0.29, 0.717) is 37.2 Å². The molecule has 0 bridgehead atoms. The van der Waals surface area contributed by atoms with E-state index in [0.717, 1.165) is 0 Å². The van der Waals surface area contributed by atoms with Crippen LogP contribution in [0.25, 0.3) is 0 Å². The number of carbonyl (C=O) groups excluding carboxylic acids is 3. The molecule has 1 saturated heterocycles. The smallest absolute Gasteiger partial charge is 0.287 e. The van der Waals surface area contributed by atoms with Crippen molar-refractivity contribution >= 4 is 17.6 Å². The highest BCUT2D eigenvalue weighted by molar-refractivity contribution is 5.98. The zero-order valence-corrected chi connectivity index (χ0v) is 16.0. The number of furan rings is 1. The van der Waals surface area contributed by atoms with Gasteiger partial charge in [0.05, 0.1) is 13.4 Å². The lowest BCUT2D eigenvalue weighted by Crippen LogP contribution is -2.49. The fraction of sp³-hybridized carbons (Fsp3) is 0.381. The van der Waals surface area contributed by atoms with E-state index in [4.69, 9.17) is 9.15 Å². The van der Waals surface area contributed by atoms with Gasteiger partial charge in [0.25, 0.3) is 5.91 Å². The molecular formula is C21H24N2O5. The van der Waals surface area contributed by atoms with Gasteiger partial charge < -0.3 is 19.4 Å². The summed E-state index contributed by atoms with van der Waals surface area (Å²) in [6, 6.07) is 9.58. The second-order valence-corrected chi connectivity index (χ2v) is 6.86. The molecule has 1 N–H and O–H groups in total. The van der Waals surface area contributed by atoms with Crippen molar-refractivity contribution in [1.82, 2.24) is 10.2 Å². The SMILES string of the molecule is COc1ccc(C(=O)C2CCN(C(=O)C(C)NC(=O)c3ccco3)CC2)cc1. The van der Waals surface area contributed by atoms with Crippen LogP contribution in [0.5, 0.6) is 5.75 Å². The highest BCUT2D eigenvalue weighted by Gasteiger charge is 2.30. The van der Waals surface area contributed by atoms with Crippen LogP contribution in [0.3, 0.4) is 0 Å². The molecule has 1 atom stereocenters. The van der Waals surface area contributed by atoms with Crippen LogP contribution in [0.2, 0.25) is 0 Å². The van der Waals surface area contributed by atoms with Gasteiger partial charge in [-0.1, -0.05) is 0 Å². The van der Waals surface area contributed by atoms with Crippen molar-refractivity contribution in [3.05, 3.63) is 54.0 Å². The third-order valence-corrected chi connectivity index (χ3v) is 5.01. The predicted octanol–water partition coefficient (Wildman–Crippen LogP) is 2.53. The van der Waals surface area contributed by atoms with Crippen molar-refractivity contribution < 1.29 is 23.5 Å². The second kappa shape index (κ2) is 8.73. The fourth-order valence-corrected chi connectivity index (χ4v) is 3.36. The second-order valence-electron chi connectivity index (χ2n) is 6.86. The van der Waals surface area contributed by atoms with E-state index in [1.54, 1.807) is 55.3 Å². The number of likely N-dealkylation sites (tertiary alicyclic amines) is 1. The summed E-state index contributed by atoms with van der Waals surface area (Å²) in [5, 5.41) is 2.65. The lowest BCUT2D eigenvalue weighted by molar-refractivity contribution is -0.134. The van der Waals surface area contributed by atoms with E-state index in [-0.39, 0.29) is 23.4 Å². The largest absolute Gasteiger partial charge is 0.497 e. The van der Waals surface area contributed by atoms with Gasteiger partial charge in [-0.25, -0.2) is 0 Å². The number of ketones is 1. The van der Waals surface area contributed by atoms with Gasteiger partial charge >= 0.3 is 0 Å². The molecule has 148 valence electrons. The molecule has 3 rings (SSSR count). The van der Waals surface area contributed by atoms with Crippen LogP contribution in [0.4, 0.5) is 0 Å². The molecule has 1 unspecified atom stereocenters. The number of Topliss-reactive ketones (excluding diaryl/α,β-unsaturated/α-hetero) is 1. The molecule has 0 spiro atoms. The molecule has 7 nitrogen and oxygen atoms in total. The number of carbonyl (C=O) groups is 3. The average Bonchev–Trinajstić information content (AvgIpc) is 3.28. The summed E-state index contributed by atoms with van der Waals surface area (Å²) in [6.07, 6.45) is 2.62. The van der Waals surface area contributed by atoms with Crippen molar-refractivity contribution in [2.75, 3.05) is 20.2 Å². The molecule has 2 heterocycles. The Kier molecular flexibility index (Phi) is 6.13. The first-order chi connectivity index (χ1) is 13.5. The monoisotopic (exact) mass is 384 g/mol. The van der Waals surface area contributed by atoms with Crippen LogP contribution in [-0.2, 0) is 4.79 Å². The number of benzene rings is 1. The first-order valence-electron chi connectivity index (χ1n) is 9.31. The lowest BCUT2D eigenvalue weighted by Gasteiger charge is -2.33. The Balaban J connectivity index is 1.51. The summed E-state index contributed by atoms with van der Waals surface area (Å²) in [5.41, 5.74) is 0.657. The van der Waals surface area contributed by atoms with Gasteiger partial charge in [-0.05, 0) is 56.2 Å². The van der Waals surface area contributed by atoms with E-state index in [2.05, 4.69) is 5.32 Å². The Morgan fingerprint density at radius 3 is 2.39 bits per heavy atom. The summed E-state index contributed by atoms with van der Waals surface area (Å²) in [7, 11) is 1.58. The standard InChI is InChI=1S/C21H24N2O5/c1-14(22-20(25)18-4-3-13-28-18)21(26)23-11-9-16(10-12-23)19(24)15-5-7-17(27-2)8-6-15/h3-8,13-14,16H,9-12H2,1-2H3,(H,22,25). The van der Waals surface area contributed by atoms with E-state index >= 15 is 0 Å². The number of piperidine rings is 1. The molecule has 2 amide bonds. The first-order valence-corrected chi connectivity index (χ1v) is 9.31. The van der Waals surface area contributed by atoms with Crippen LogP contribution in [0.1, 0.15) is 40.7 Å². The summed E-state index contributed by atoms with van der Waals surface area (Å²) >= 11 is 0. The highest BCUT2D eigenvalue weighted by Crippen LogP contribution is 2.23. The predicted molar refractivity (Wildman–Crippen MR) is 102 cm³/mol. The van der Waals surface area contributed by atoms with Gasteiger partial charge in [0.2, 0.25) is 5.91 Å². The summed E-state index contributed by atoms with van der Waals surface area (Å²) in [4.78, 5) is 39.0. The Hall–Kier alpha value is -3.09. The van der Waals surface area contributed by atoms with Gasteiger partial charge in [-0.2, -0.15) is 0 Å². The number of amides is 2. The van der Waals surface area contributed by atoms with E-state index in [9.17, 15) is 14.4 Å². The molecule has 0 saturated carbocycles. The Morgan fingerprint density at radius 2 is 1.82 bits per heavy atom. The number of nitrogens with one attached hydrogen (secondary N) is 1. The van der Waals surface area contributed by atoms with Crippen LogP contribution in [0.15, 0.2) is 47.1 Å². The van der Waals surface area contributed by atoms with E-state index in [1.165, 1.54) is 6.26 Å². The van der Waals surface area contributed by atoms with Crippen molar-refractivity contribution in [3.8, 4) is 5.75 Å². The Morgan fingerprint density at radius 1 is 1.14 bits per heavy atom. The minimum atomic E-state index is -0.661. The zero-order chi connectivity index (χ0) is 20.1. The Labute approximate surface area is 163 Å². The first kappa shape index (κ1) is 19.7. The topological polar surface area (TPSA) is 88.9 Å². The molecule has 1 aliphatic heterocycles. The molecule has 0 aliphatic carbocycles. The van der Waals surface area contributed by atoms with Crippen LogP contribution in [0, 0.1) is 5.92 Å². The highest BCUT2D eigenvalue weighted by atomic mass is 16.5. The van der Waals surface area contributed by atoms with Crippen molar-refractivity contribution in [3.63, 3.8) is 0 Å². The molecule has 1 aromatic heterocycles. The van der Waals surface area contributed by atoms with E-state index in [1.807, 2.05) is 0 Å². The summed E-state index contributed by atoms with van der Waals surface area (Å²) in [6.45, 7) is 2.64. The van der Waals surface area contributed by atoms with Gasteiger partial charge in [0.1, 0.15) is 11.8 Å². The van der Waals surface area contributed by atoms with Crippen molar-refractivity contribution in [2.45, 2.75) is 25.8 Å². The van der Waals surface area contributed by atoms with Crippen LogP contribution >= 0.6 is 0 Å². The molecular weight excluding hydrogens is 360 g/mol. The minimum absolute atomic E-state index is 0.0916. The normalized spacial score (nSPS) is 15.7. The number of rotatable bonds is 6. The van der Waals surface area contributed by atoms with Crippen LogP contribution < -0.4 is 10.1 Å². The number of hydrogen-bond donors (Lipinski definition) is 1. The number of ether oxygens (including phenoxy) is 1. The molecule has 28 heavy (non-hydrogen) atoms. The van der Waals surface area contributed by atoms with Gasteiger partial charge in [-0.3, -0.25) is 14.4 Å². The van der Waals surface area contributed by atoms with Crippen molar-refractivity contribution in [2.24, 2.45) is 5.92 Å².